The van der Waals surface area contributed by atoms with E-state index in [2.05, 4.69) is 5.32 Å². The number of nitrogens with two attached hydrogens (primary N) is 1. The number of carbonyl (C=O) groups excluding carboxylic acids is 1. The highest BCUT2D eigenvalue weighted by molar-refractivity contribution is 6.32. The third-order valence-electron chi connectivity index (χ3n) is 5.34. The number of ether oxygens (including phenoxy) is 3. The van der Waals surface area contributed by atoms with Gasteiger partial charge >= 0.3 is 0 Å². The van der Waals surface area contributed by atoms with E-state index in [1.807, 2.05) is 26.8 Å². The molecule has 0 aromatic heterocycles. The minimum Gasteiger partial charge on any atom is -0.486 e. The molecule has 1 aliphatic heterocycles. The summed E-state index contributed by atoms with van der Waals surface area (Å²) in [5.41, 5.74) is 5.87. The van der Waals surface area contributed by atoms with Gasteiger partial charge in [-0.1, -0.05) is 25.4 Å². The van der Waals surface area contributed by atoms with Gasteiger partial charge < -0.3 is 25.3 Å². The quantitative estimate of drug-likeness (QED) is 0.833. The second-order valence-corrected chi connectivity index (χ2v) is 7.53. The maximum atomic E-state index is 12.7. The minimum atomic E-state index is -0.940. The van der Waals surface area contributed by atoms with Crippen LogP contribution in [0.25, 0.3) is 0 Å². The maximum Gasteiger partial charge on any atom is 0.241 e. The Labute approximate surface area is 152 Å². The lowest BCUT2D eigenvalue weighted by molar-refractivity contribution is -0.170. The van der Waals surface area contributed by atoms with Gasteiger partial charge in [0.05, 0.1) is 11.1 Å². The predicted octanol–water partition coefficient (Wildman–Crippen LogP) is 2.26. The lowest BCUT2D eigenvalue weighted by atomic mass is 9.54. The van der Waals surface area contributed by atoms with Crippen LogP contribution in [0.1, 0.15) is 32.8 Å². The van der Waals surface area contributed by atoms with Crippen molar-refractivity contribution in [3.8, 4) is 11.5 Å². The molecule has 1 aliphatic carbocycles. The Morgan fingerprint density at radius 2 is 2.12 bits per heavy atom. The molecular weight excluding hydrogens is 344 g/mol. The molecule has 25 heavy (non-hydrogen) atoms. The predicted molar refractivity (Wildman–Crippen MR) is 95.0 cm³/mol. The van der Waals surface area contributed by atoms with Crippen molar-refractivity contribution in [2.75, 3.05) is 19.8 Å². The van der Waals surface area contributed by atoms with Gasteiger partial charge in [0.1, 0.15) is 18.8 Å². The Bertz CT molecular complexity index is 679. The zero-order chi connectivity index (χ0) is 18.2. The van der Waals surface area contributed by atoms with Crippen molar-refractivity contribution in [1.82, 2.24) is 5.32 Å². The summed E-state index contributed by atoms with van der Waals surface area (Å²) in [7, 11) is 0. The summed E-state index contributed by atoms with van der Waals surface area (Å²) in [4.78, 5) is 12.7. The molecule has 2 unspecified atom stereocenters. The third-order valence-corrected chi connectivity index (χ3v) is 5.63. The van der Waals surface area contributed by atoms with Crippen LogP contribution in [0.3, 0.4) is 0 Å². The Morgan fingerprint density at radius 1 is 1.40 bits per heavy atom. The van der Waals surface area contributed by atoms with Crippen molar-refractivity contribution in [1.29, 1.82) is 0 Å². The molecule has 1 amide bonds. The molecule has 2 aliphatic rings. The molecule has 3 N–H and O–H groups in total. The number of amides is 1. The van der Waals surface area contributed by atoms with Crippen LogP contribution in [0.5, 0.6) is 11.5 Å². The molecular formula is C18H25ClN2O4. The van der Waals surface area contributed by atoms with Crippen LogP contribution < -0.4 is 20.5 Å². The Hall–Kier alpha value is -1.50. The zero-order valence-corrected chi connectivity index (χ0v) is 15.6. The van der Waals surface area contributed by atoms with E-state index < -0.39 is 11.0 Å². The molecule has 0 spiro atoms. The van der Waals surface area contributed by atoms with E-state index in [-0.39, 0.29) is 12.0 Å². The van der Waals surface area contributed by atoms with Crippen LogP contribution in [0.4, 0.5) is 0 Å². The summed E-state index contributed by atoms with van der Waals surface area (Å²) < 4.78 is 16.7. The van der Waals surface area contributed by atoms with Crippen LogP contribution in [-0.2, 0) is 16.1 Å². The van der Waals surface area contributed by atoms with Crippen LogP contribution >= 0.6 is 11.6 Å². The lowest BCUT2D eigenvalue weighted by Crippen LogP contribution is -2.75. The summed E-state index contributed by atoms with van der Waals surface area (Å²) in [5, 5.41) is 3.40. The van der Waals surface area contributed by atoms with E-state index in [0.29, 0.717) is 49.3 Å². The van der Waals surface area contributed by atoms with Gasteiger partial charge in [0, 0.05) is 25.0 Å². The average Bonchev–Trinajstić information content (AvgIpc) is 2.59. The lowest BCUT2D eigenvalue weighted by Gasteiger charge is -2.57. The fraction of sp³-hybridized carbons (Fsp3) is 0.611. The molecule has 0 bridgehead atoms. The summed E-state index contributed by atoms with van der Waals surface area (Å²) >= 11 is 6.23. The van der Waals surface area contributed by atoms with Gasteiger partial charge in [-0.2, -0.15) is 0 Å². The first-order valence-electron chi connectivity index (χ1n) is 8.56. The van der Waals surface area contributed by atoms with Gasteiger partial charge in [-0.3, -0.25) is 4.79 Å². The summed E-state index contributed by atoms with van der Waals surface area (Å²) in [5.74, 6) is 0.975. The van der Waals surface area contributed by atoms with Crippen molar-refractivity contribution < 1.29 is 19.0 Å². The minimum absolute atomic E-state index is 0.00279. The van der Waals surface area contributed by atoms with Crippen molar-refractivity contribution >= 4 is 17.5 Å². The first-order chi connectivity index (χ1) is 11.8. The van der Waals surface area contributed by atoms with Crippen LogP contribution in [0.2, 0.25) is 5.02 Å². The van der Waals surface area contributed by atoms with Crippen molar-refractivity contribution in [2.45, 2.75) is 45.4 Å². The Balaban J connectivity index is 1.66. The highest BCUT2D eigenvalue weighted by atomic mass is 35.5. The van der Waals surface area contributed by atoms with Crippen molar-refractivity contribution in [2.24, 2.45) is 11.1 Å². The number of fused-ring (bicyclic) bond motifs is 1. The second kappa shape index (κ2) is 6.67. The van der Waals surface area contributed by atoms with E-state index in [9.17, 15) is 4.79 Å². The number of halogens is 1. The molecule has 0 radical (unpaired) electrons. The number of hydrogen-bond donors (Lipinski definition) is 2. The fourth-order valence-electron chi connectivity index (χ4n) is 3.43. The monoisotopic (exact) mass is 368 g/mol. The highest BCUT2D eigenvalue weighted by Crippen LogP contribution is 2.49. The van der Waals surface area contributed by atoms with Gasteiger partial charge in [-0.25, -0.2) is 0 Å². The van der Waals surface area contributed by atoms with E-state index in [1.165, 1.54) is 0 Å². The number of carbonyl (C=O) groups is 1. The van der Waals surface area contributed by atoms with E-state index in [4.69, 9.17) is 31.5 Å². The molecule has 7 heteroatoms. The maximum absolute atomic E-state index is 12.7. The molecule has 138 valence electrons. The fourth-order valence-corrected chi connectivity index (χ4v) is 3.71. The number of hydrogen-bond acceptors (Lipinski definition) is 5. The van der Waals surface area contributed by atoms with E-state index in [0.717, 1.165) is 5.56 Å². The highest BCUT2D eigenvalue weighted by Gasteiger charge is 2.62. The van der Waals surface area contributed by atoms with Gasteiger partial charge in [-0.05, 0) is 24.6 Å². The molecule has 2 atom stereocenters. The van der Waals surface area contributed by atoms with Crippen LogP contribution in [-0.4, -0.2) is 37.4 Å². The topological polar surface area (TPSA) is 82.8 Å². The van der Waals surface area contributed by atoms with Gasteiger partial charge in [-0.15, -0.1) is 0 Å². The molecule has 1 saturated carbocycles. The smallest absolute Gasteiger partial charge is 0.241 e. The second-order valence-electron chi connectivity index (χ2n) is 7.13. The summed E-state index contributed by atoms with van der Waals surface area (Å²) in [6, 6.07) is 3.60. The molecule has 3 rings (SSSR count). The SMILES string of the molecule is CCOC1CC(N)(C(=O)NCc2cc(Cl)c3c(c2)OCCO3)C1(C)C. The Kier molecular flexibility index (Phi) is 4.88. The number of benzene rings is 1. The largest absolute Gasteiger partial charge is 0.486 e. The van der Waals surface area contributed by atoms with Crippen LogP contribution in [0.15, 0.2) is 12.1 Å². The first-order valence-corrected chi connectivity index (χ1v) is 8.94. The zero-order valence-electron chi connectivity index (χ0n) is 14.9. The summed E-state index contributed by atoms with van der Waals surface area (Å²) in [6.45, 7) is 7.78. The molecule has 1 aromatic carbocycles. The first kappa shape index (κ1) is 18.3. The van der Waals surface area contributed by atoms with Crippen LogP contribution in [0, 0.1) is 5.41 Å². The van der Waals surface area contributed by atoms with Crippen molar-refractivity contribution in [3.63, 3.8) is 0 Å². The van der Waals surface area contributed by atoms with E-state index >= 15 is 0 Å². The molecule has 6 nitrogen and oxygen atoms in total. The number of nitrogens with one attached hydrogen (secondary N) is 1. The normalized spacial score (nSPS) is 26.7. The molecule has 1 heterocycles. The Morgan fingerprint density at radius 3 is 2.80 bits per heavy atom. The van der Waals surface area contributed by atoms with Gasteiger partial charge in [0.15, 0.2) is 11.5 Å². The average molecular weight is 369 g/mol. The molecule has 0 saturated heterocycles. The standard InChI is InChI=1S/C18H25ClN2O4/c1-4-23-14-9-18(20,17(14,2)3)16(22)21-10-11-7-12(19)15-13(8-11)24-5-6-25-15/h7-8,14H,4-6,9-10,20H2,1-3H3,(H,21,22). The molecule has 1 fully saturated rings. The van der Waals surface area contributed by atoms with Gasteiger partial charge in [0.2, 0.25) is 5.91 Å². The van der Waals surface area contributed by atoms with Crippen molar-refractivity contribution in [3.05, 3.63) is 22.7 Å². The summed E-state index contributed by atoms with van der Waals surface area (Å²) in [6.07, 6.45) is 0.513. The van der Waals surface area contributed by atoms with E-state index in [1.54, 1.807) is 6.07 Å². The third kappa shape index (κ3) is 3.07. The van der Waals surface area contributed by atoms with Gasteiger partial charge in [0.25, 0.3) is 0 Å². The number of rotatable bonds is 5. The molecule has 1 aromatic rings.